The molecule has 108 valence electrons. The van der Waals surface area contributed by atoms with Crippen LogP contribution in [0, 0.1) is 0 Å². The number of amides is 1. The minimum Gasteiger partial charge on any atom is -0.365 e. The average molecular weight is 302 g/mol. The molecule has 2 aromatic rings. The maximum atomic E-state index is 12.6. The molecule has 1 N–H and O–H groups in total. The van der Waals surface area contributed by atoms with Crippen LogP contribution in [-0.4, -0.2) is 29.7 Å². The number of fused-ring (bicyclic) bond motifs is 1. The molecule has 1 fully saturated rings. The fourth-order valence-corrected chi connectivity index (χ4v) is 4.71. The van der Waals surface area contributed by atoms with Gasteiger partial charge in [0.25, 0.3) is 15.9 Å². The van der Waals surface area contributed by atoms with E-state index < -0.39 is 10.0 Å². The summed E-state index contributed by atoms with van der Waals surface area (Å²) < 4.78 is 26.1. The van der Waals surface area contributed by atoms with E-state index >= 15 is 0 Å². The molecule has 0 radical (unpaired) electrons. The standard InChI is InChI=1S/C15H14N2O3S/c18-15-14-10(9-11-4-2-8-16-11)3-1-5-13(14)21(19,20)17(15)12-6-7-12/h1-5,8,12,16H,6-7,9H2. The van der Waals surface area contributed by atoms with Crippen LogP contribution in [0.25, 0.3) is 0 Å². The number of sulfonamides is 1. The number of aromatic amines is 1. The Hall–Kier alpha value is -2.08. The van der Waals surface area contributed by atoms with Gasteiger partial charge >= 0.3 is 0 Å². The first-order valence-electron chi connectivity index (χ1n) is 6.92. The minimum absolute atomic E-state index is 0.145. The first-order chi connectivity index (χ1) is 10.1. The van der Waals surface area contributed by atoms with Crippen molar-refractivity contribution in [3.05, 3.63) is 53.3 Å². The van der Waals surface area contributed by atoms with Crippen molar-refractivity contribution < 1.29 is 13.2 Å². The molecule has 0 bridgehead atoms. The smallest absolute Gasteiger partial charge is 0.269 e. The van der Waals surface area contributed by atoms with Gasteiger partial charge in [-0.1, -0.05) is 12.1 Å². The first-order valence-corrected chi connectivity index (χ1v) is 8.36. The van der Waals surface area contributed by atoms with Crippen LogP contribution < -0.4 is 0 Å². The number of carbonyl (C=O) groups excluding carboxylic acids is 1. The molecular formula is C15H14N2O3S. The quantitative estimate of drug-likeness (QED) is 0.941. The van der Waals surface area contributed by atoms with Gasteiger partial charge in [-0.3, -0.25) is 4.79 Å². The zero-order chi connectivity index (χ0) is 14.6. The number of H-pyrrole nitrogens is 1. The average Bonchev–Trinajstić information content (AvgIpc) is 3.08. The molecule has 1 saturated carbocycles. The van der Waals surface area contributed by atoms with Crippen molar-refractivity contribution in [1.29, 1.82) is 0 Å². The molecule has 2 aliphatic rings. The predicted molar refractivity (Wildman–Crippen MR) is 76.4 cm³/mol. The Morgan fingerprint density at radius 3 is 2.67 bits per heavy atom. The summed E-state index contributed by atoms with van der Waals surface area (Å²) in [5.41, 5.74) is 2.06. The maximum Gasteiger partial charge on any atom is 0.269 e. The molecule has 0 saturated heterocycles. The lowest BCUT2D eigenvalue weighted by atomic mass is 10.0. The van der Waals surface area contributed by atoms with Crippen LogP contribution in [0.15, 0.2) is 41.4 Å². The van der Waals surface area contributed by atoms with Gasteiger partial charge in [-0.05, 0) is 36.6 Å². The summed E-state index contributed by atoms with van der Waals surface area (Å²) in [6.07, 6.45) is 3.87. The van der Waals surface area contributed by atoms with E-state index in [9.17, 15) is 13.2 Å². The summed E-state index contributed by atoms with van der Waals surface area (Å²) in [5, 5.41) is 0. The molecule has 2 heterocycles. The summed E-state index contributed by atoms with van der Waals surface area (Å²) in [5.74, 6) is -0.366. The lowest BCUT2D eigenvalue weighted by Gasteiger charge is -2.13. The third kappa shape index (κ3) is 1.82. The van der Waals surface area contributed by atoms with Crippen LogP contribution in [0.1, 0.15) is 34.5 Å². The molecule has 0 unspecified atom stereocenters. The number of aromatic nitrogens is 1. The van der Waals surface area contributed by atoms with Gasteiger partial charge < -0.3 is 4.98 Å². The van der Waals surface area contributed by atoms with Gasteiger partial charge in [0, 0.05) is 24.4 Å². The first kappa shape index (κ1) is 12.6. The Bertz CT molecular complexity index is 821. The summed E-state index contributed by atoms with van der Waals surface area (Å²) >= 11 is 0. The number of hydrogen-bond donors (Lipinski definition) is 1. The molecule has 0 atom stereocenters. The third-order valence-corrected chi connectivity index (χ3v) is 5.86. The molecule has 5 nitrogen and oxygen atoms in total. The van der Waals surface area contributed by atoms with Gasteiger partial charge in [0.15, 0.2) is 0 Å². The number of nitrogens with zero attached hydrogens (tertiary/aromatic N) is 1. The van der Waals surface area contributed by atoms with Gasteiger partial charge in [0.2, 0.25) is 0 Å². The van der Waals surface area contributed by atoms with Crippen molar-refractivity contribution >= 4 is 15.9 Å². The van der Waals surface area contributed by atoms with E-state index in [-0.39, 0.29) is 16.8 Å². The fourth-order valence-electron chi connectivity index (χ4n) is 2.86. The molecule has 0 spiro atoms. The highest BCUT2D eigenvalue weighted by molar-refractivity contribution is 7.90. The van der Waals surface area contributed by atoms with Crippen LogP contribution in [0.5, 0.6) is 0 Å². The van der Waals surface area contributed by atoms with Crippen molar-refractivity contribution in [3.8, 4) is 0 Å². The van der Waals surface area contributed by atoms with Crippen molar-refractivity contribution in [1.82, 2.24) is 9.29 Å². The minimum atomic E-state index is -3.66. The van der Waals surface area contributed by atoms with Crippen molar-refractivity contribution in [2.24, 2.45) is 0 Å². The third-order valence-electron chi connectivity index (χ3n) is 3.99. The topological polar surface area (TPSA) is 70.2 Å². The van der Waals surface area contributed by atoms with Crippen LogP contribution in [-0.2, 0) is 16.4 Å². The number of benzene rings is 1. The van der Waals surface area contributed by atoms with Crippen molar-refractivity contribution in [2.75, 3.05) is 0 Å². The van der Waals surface area contributed by atoms with Gasteiger partial charge in [0.05, 0.1) is 5.56 Å². The summed E-state index contributed by atoms with van der Waals surface area (Å²) in [4.78, 5) is 15.8. The van der Waals surface area contributed by atoms with Gasteiger partial charge in [0.1, 0.15) is 4.90 Å². The normalized spacial score (nSPS) is 19.8. The second-order valence-corrected chi connectivity index (χ2v) is 7.28. The Morgan fingerprint density at radius 1 is 1.19 bits per heavy atom. The van der Waals surface area contributed by atoms with E-state index in [1.54, 1.807) is 6.07 Å². The van der Waals surface area contributed by atoms with E-state index in [0.29, 0.717) is 12.0 Å². The van der Waals surface area contributed by atoms with E-state index in [2.05, 4.69) is 4.98 Å². The molecule has 1 aliphatic heterocycles. The van der Waals surface area contributed by atoms with Crippen LogP contribution in [0.3, 0.4) is 0 Å². The zero-order valence-electron chi connectivity index (χ0n) is 11.2. The van der Waals surface area contributed by atoms with Gasteiger partial charge in [-0.2, -0.15) is 0 Å². The highest BCUT2D eigenvalue weighted by Crippen LogP contribution is 2.40. The Morgan fingerprint density at radius 2 is 2.00 bits per heavy atom. The summed E-state index contributed by atoms with van der Waals surface area (Å²) in [7, 11) is -3.66. The Balaban J connectivity index is 1.85. The van der Waals surface area contributed by atoms with Gasteiger partial charge in [-0.25, -0.2) is 12.7 Å². The molecule has 1 aromatic carbocycles. The lowest BCUT2D eigenvalue weighted by molar-refractivity contribution is 0.0864. The van der Waals surface area contributed by atoms with E-state index in [0.717, 1.165) is 28.4 Å². The predicted octanol–water partition coefficient (Wildman–Crippen LogP) is 1.91. The number of carbonyl (C=O) groups is 1. The largest absolute Gasteiger partial charge is 0.365 e. The van der Waals surface area contributed by atoms with Crippen molar-refractivity contribution in [3.63, 3.8) is 0 Å². The number of hydrogen-bond acceptors (Lipinski definition) is 3. The van der Waals surface area contributed by atoms with Crippen molar-refractivity contribution in [2.45, 2.75) is 30.2 Å². The number of rotatable bonds is 3. The second-order valence-electron chi connectivity index (χ2n) is 5.50. The highest BCUT2D eigenvalue weighted by Gasteiger charge is 2.49. The van der Waals surface area contributed by atoms with E-state index in [1.165, 1.54) is 6.07 Å². The lowest BCUT2D eigenvalue weighted by Crippen LogP contribution is -2.32. The molecule has 4 rings (SSSR count). The second kappa shape index (κ2) is 4.21. The molecule has 21 heavy (non-hydrogen) atoms. The number of nitrogens with one attached hydrogen (secondary N) is 1. The zero-order valence-corrected chi connectivity index (χ0v) is 12.1. The molecule has 1 aliphatic carbocycles. The van der Waals surface area contributed by atoms with Crippen LogP contribution in [0.4, 0.5) is 0 Å². The highest BCUT2D eigenvalue weighted by atomic mass is 32.2. The van der Waals surface area contributed by atoms with Crippen LogP contribution >= 0.6 is 0 Å². The Labute approximate surface area is 122 Å². The summed E-state index contributed by atoms with van der Waals surface area (Å²) in [6.45, 7) is 0. The molecule has 6 heteroatoms. The van der Waals surface area contributed by atoms with Crippen LogP contribution in [0.2, 0.25) is 0 Å². The van der Waals surface area contributed by atoms with E-state index in [4.69, 9.17) is 0 Å². The SMILES string of the molecule is O=C1c2c(Cc3ccc[nH]3)cccc2S(=O)(=O)N1C1CC1. The van der Waals surface area contributed by atoms with E-state index in [1.807, 2.05) is 24.4 Å². The maximum absolute atomic E-state index is 12.6. The monoisotopic (exact) mass is 302 g/mol. The fraction of sp³-hybridized carbons (Fsp3) is 0.267. The Kier molecular flexibility index (Phi) is 2.53. The van der Waals surface area contributed by atoms with Gasteiger partial charge in [-0.15, -0.1) is 0 Å². The molecular weight excluding hydrogens is 288 g/mol. The molecule has 1 amide bonds. The molecule has 1 aromatic heterocycles. The summed E-state index contributed by atoms with van der Waals surface area (Å²) in [6, 6.07) is 8.72.